The van der Waals surface area contributed by atoms with Gasteiger partial charge in [0, 0.05) is 18.7 Å². The van der Waals surface area contributed by atoms with Gasteiger partial charge >= 0.3 is 0 Å². The molecule has 0 saturated carbocycles. The summed E-state index contributed by atoms with van der Waals surface area (Å²) in [5.41, 5.74) is 1.23. The highest BCUT2D eigenvalue weighted by atomic mass is 32.1. The molecule has 0 N–H and O–H groups in total. The summed E-state index contributed by atoms with van der Waals surface area (Å²) in [6.45, 7) is 1.17. The number of anilines is 1. The first kappa shape index (κ1) is 23.5. The van der Waals surface area contributed by atoms with E-state index in [1.165, 1.54) is 11.3 Å². The Morgan fingerprint density at radius 1 is 0.853 bits per heavy atom. The van der Waals surface area contributed by atoms with Crippen molar-refractivity contribution in [3.05, 3.63) is 72.3 Å². The normalized spacial score (nSPS) is 11.0. The van der Waals surface area contributed by atoms with Crippen molar-refractivity contribution in [3.8, 4) is 23.0 Å². The van der Waals surface area contributed by atoms with Crippen LogP contribution in [-0.2, 0) is 0 Å². The number of benzene rings is 3. The molecule has 0 aliphatic rings. The first-order chi connectivity index (χ1) is 16.5. The standard InChI is InChI=1S/C26H27N3O4S/c1-28(2)16-17-29(26-27-23-21(31-3)14-15-22(32-4)24(23)34-26)25(30)18-10-12-20(13-11-18)33-19-8-6-5-7-9-19/h5-15H,16-17H2,1-4H3. The predicted molar refractivity (Wildman–Crippen MR) is 136 cm³/mol. The number of para-hydroxylation sites is 1. The van der Waals surface area contributed by atoms with Crippen LogP contribution in [0, 0.1) is 0 Å². The molecule has 1 aromatic heterocycles. The van der Waals surface area contributed by atoms with Gasteiger partial charge in [-0.3, -0.25) is 9.69 Å². The maximum absolute atomic E-state index is 13.6. The number of ether oxygens (including phenoxy) is 3. The molecule has 3 aromatic carbocycles. The smallest absolute Gasteiger partial charge is 0.260 e. The lowest BCUT2D eigenvalue weighted by molar-refractivity contribution is 0.0985. The number of hydrogen-bond acceptors (Lipinski definition) is 7. The molecule has 34 heavy (non-hydrogen) atoms. The number of fused-ring (bicyclic) bond motifs is 1. The van der Waals surface area contributed by atoms with Crippen molar-refractivity contribution < 1.29 is 19.0 Å². The topological polar surface area (TPSA) is 64.1 Å². The fourth-order valence-electron chi connectivity index (χ4n) is 3.42. The summed E-state index contributed by atoms with van der Waals surface area (Å²) in [5.74, 6) is 2.61. The third-order valence-corrected chi connectivity index (χ3v) is 6.32. The van der Waals surface area contributed by atoms with Gasteiger partial charge in [0.05, 0.1) is 14.2 Å². The second-order valence-electron chi connectivity index (χ2n) is 7.84. The third kappa shape index (κ3) is 5.13. The molecule has 0 atom stereocenters. The van der Waals surface area contributed by atoms with Crippen LogP contribution in [0.4, 0.5) is 5.13 Å². The minimum Gasteiger partial charge on any atom is -0.495 e. The molecule has 4 aromatic rings. The zero-order valence-corrected chi connectivity index (χ0v) is 20.5. The van der Waals surface area contributed by atoms with Crippen LogP contribution in [0.2, 0.25) is 0 Å². The molecule has 0 fully saturated rings. The highest BCUT2D eigenvalue weighted by molar-refractivity contribution is 7.22. The average Bonchev–Trinajstić information content (AvgIpc) is 3.29. The van der Waals surface area contributed by atoms with E-state index in [9.17, 15) is 4.79 Å². The van der Waals surface area contributed by atoms with Crippen molar-refractivity contribution in [1.29, 1.82) is 0 Å². The van der Waals surface area contributed by atoms with Crippen LogP contribution in [0.25, 0.3) is 10.2 Å². The van der Waals surface area contributed by atoms with Crippen LogP contribution in [0.15, 0.2) is 66.7 Å². The van der Waals surface area contributed by atoms with E-state index in [2.05, 4.69) is 0 Å². The highest BCUT2D eigenvalue weighted by Gasteiger charge is 2.24. The quantitative estimate of drug-likeness (QED) is 0.325. The number of carbonyl (C=O) groups excluding carboxylic acids is 1. The number of amides is 1. The zero-order valence-electron chi connectivity index (χ0n) is 19.6. The number of carbonyl (C=O) groups is 1. The molecule has 4 rings (SSSR count). The number of likely N-dealkylation sites (N-methyl/N-ethyl adjacent to an activating group) is 1. The Kier molecular flexibility index (Phi) is 7.30. The van der Waals surface area contributed by atoms with Gasteiger partial charge in [0.15, 0.2) is 5.13 Å². The largest absolute Gasteiger partial charge is 0.495 e. The Morgan fingerprint density at radius 3 is 2.15 bits per heavy atom. The molecule has 1 heterocycles. The van der Waals surface area contributed by atoms with Gasteiger partial charge in [-0.15, -0.1) is 0 Å². The summed E-state index contributed by atoms with van der Waals surface area (Å²) in [7, 11) is 7.18. The summed E-state index contributed by atoms with van der Waals surface area (Å²) in [6, 6.07) is 20.4. The van der Waals surface area contributed by atoms with Crippen LogP contribution >= 0.6 is 11.3 Å². The van der Waals surface area contributed by atoms with Crippen molar-refractivity contribution >= 4 is 32.6 Å². The van der Waals surface area contributed by atoms with Gasteiger partial charge in [-0.05, 0) is 62.6 Å². The van der Waals surface area contributed by atoms with Gasteiger partial charge in [0.25, 0.3) is 5.91 Å². The SMILES string of the molecule is COc1ccc(OC)c2sc(N(CCN(C)C)C(=O)c3ccc(Oc4ccccc4)cc3)nc12. The van der Waals surface area contributed by atoms with Gasteiger partial charge in [0.2, 0.25) is 0 Å². The summed E-state index contributed by atoms with van der Waals surface area (Å²) in [5, 5.41) is 0.592. The van der Waals surface area contributed by atoms with E-state index in [1.54, 1.807) is 43.4 Å². The minimum absolute atomic E-state index is 0.134. The van der Waals surface area contributed by atoms with E-state index in [0.29, 0.717) is 46.5 Å². The van der Waals surface area contributed by atoms with Gasteiger partial charge in [-0.2, -0.15) is 0 Å². The average molecular weight is 478 g/mol. The van der Waals surface area contributed by atoms with Crippen molar-refractivity contribution in [1.82, 2.24) is 9.88 Å². The molecule has 0 saturated heterocycles. The van der Waals surface area contributed by atoms with Crippen LogP contribution < -0.4 is 19.1 Å². The van der Waals surface area contributed by atoms with Crippen molar-refractivity contribution in [2.45, 2.75) is 0 Å². The first-order valence-electron chi connectivity index (χ1n) is 10.8. The van der Waals surface area contributed by atoms with Crippen LogP contribution in [0.3, 0.4) is 0 Å². The van der Waals surface area contributed by atoms with E-state index in [-0.39, 0.29) is 5.91 Å². The number of hydrogen-bond donors (Lipinski definition) is 0. The number of thiazole rings is 1. The molecular weight excluding hydrogens is 450 g/mol. The second kappa shape index (κ2) is 10.5. The minimum atomic E-state index is -0.134. The highest BCUT2D eigenvalue weighted by Crippen LogP contribution is 2.40. The molecule has 176 valence electrons. The Balaban J connectivity index is 1.65. The summed E-state index contributed by atoms with van der Waals surface area (Å²) in [4.78, 5) is 22.1. The fourth-order valence-corrected chi connectivity index (χ4v) is 4.52. The molecule has 1 amide bonds. The van der Waals surface area contributed by atoms with E-state index in [0.717, 1.165) is 10.4 Å². The van der Waals surface area contributed by atoms with Crippen molar-refractivity contribution in [2.75, 3.05) is 46.3 Å². The maximum Gasteiger partial charge on any atom is 0.260 e. The first-order valence-corrected chi connectivity index (χ1v) is 11.6. The molecule has 0 spiro atoms. The third-order valence-electron chi connectivity index (χ3n) is 5.23. The molecule has 0 radical (unpaired) electrons. The fraction of sp³-hybridized carbons (Fsp3) is 0.231. The van der Waals surface area contributed by atoms with Gasteiger partial charge in [0.1, 0.15) is 33.2 Å². The lowest BCUT2D eigenvalue weighted by atomic mass is 10.2. The van der Waals surface area contributed by atoms with Crippen molar-refractivity contribution in [3.63, 3.8) is 0 Å². The van der Waals surface area contributed by atoms with Crippen LogP contribution in [0.1, 0.15) is 10.4 Å². The summed E-state index contributed by atoms with van der Waals surface area (Å²) < 4.78 is 17.7. The van der Waals surface area contributed by atoms with E-state index < -0.39 is 0 Å². The molecule has 0 unspecified atom stereocenters. The van der Waals surface area contributed by atoms with Crippen LogP contribution in [-0.4, -0.2) is 57.2 Å². The Bertz CT molecular complexity index is 1220. The molecule has 0 bridgehead atoms. The summed E-state index contributed by atoms with van der Waals surface area (Å²) in [6.07, 6.45) is 0. The van der Waals surface area contributed by atoms with Crippen LogP contribution in [0.5, 0.6) is 23.0 Å². The number of nitrogens with zero attached hydrogens (tertiary/aromatic N) is 3. The lowest BCUT2D eigenvalue weighted by Crippen LogP contribution is -2.36. The zero-order chi connectivity index (χ0) is 24.1. The summed E-state index contributed by atoms with van der Waals surface area (Å²) >= 11 is 1.41. The Hall–Kier alpha value is -3.62. The molecule has 0 aliphatic heterocycles. The monoisotopic (exact) mass is 477 g/mol. The Labute approximate surface area is 203 Å². The second-order valence-corrected chi connectivity index (χ2v) is 8.82. The van der Waals surface area contributed by atoms with Gasteiger partial charge < -0.3 is 19.1 Å². The van der Waals surface area contributed by atoms with Gasteiger partial charge in [-0.25, -0.2) is 4.98 Å². The molecule has 8 heteroatoms. The van der Waals surface area contributed by atoms with E-state index in [4.69, 9.17) is 19.2 Å². The number of rotatable bonds is 9. The molecule has 0 aliphatic carbocycles. The number of methoxy groups -OCH3 is 2. The van der Waals surface area contributed by atoms with E-state index in [1.807, 2.05) is 61.5 Å². The lowest BCUT2D eigenvalue weighted by Gasteiger charge is -2.22. The van der Waals surface area contributed by atoms with Gasteiger partial charge in [-0.1, -0.05) is 29.5 Å². The molecule has 7 nitrogen and oxygen atoms in total. The Morgan fingerprint density at radius 2 is 1.50 bits per heavy atom. The van der Waals surface area contributed by atoms with Crippen molar-refractivity contribution in [2.24, 2.45) is 0 Å². The number of aromatic nitrogens is 1. The predicted octanol–water partition coefficient (Wildman–Crippen LogP) is 5.31. The van der Waals surface area contributed by atoms with E-state index >= 15 is 0 Å². The molecular formula is C26H27N3O4S. The maximum atomic E-state index is 13.6.